The molecule has 3 rings (SSSR count). The summed E-state index contributed by atoms with van der Waals surface area (Å²) < 4.78 is 0. The topological polar surface area (TPSA) is 49.4 Å². The minimum absolute atomic E-state index is 0.0194. The molecular weight excluding hydrogens is 360 g/mol. The molecule has 0 spiro atoms. The second-order valence-corrected chi connectivity index (χ2v) is 7.82. The summed E-state index contributed by atoms with van der Waals surface area (Å²) in [5, 5.41) is 3.13. The van der Waals surface area contributed by atoms with Crippen LogP contribution in [0.3, 0.4) is 0 Å². The van der Waals surface area contributed by atoms with E-state index in [9.17, 15) is 9.59 Å². The van der Waals surface area contributed by atoms with E-state index in [1.807, 2.05) is 18.2 Å². The molecule has 0 saturated carbocycles. The van der Waals surface area contributed by atoms with Crippen LogP contribution >= 0.6 is 0 Å². The van der Waals surface area contributed by atoms with Crippen molar-refractivity contribution in [1.82, 2.24) is 0 Å². The van der Waals surface area contributed by atoms with Gasteiger partial charge in [0.25, 0.3) is 0 Å². The van der Waals surface area contributed by atoms with Crippen molar-refractivity contribution in [1.29, 1.82) is 0 Å². The third-order valence-electron chi connectivity index (χ3n) is 5.81. The monoisotopic (exact) mass is 392 g/mol. The van der Waals surface area contributed by atoms with E-state index < -0.39 is 0 Å². The molecule has 1 saturated heterocycles. The number of rotatable bonds is 8. The quantitative estimate of drug-likeness (QED) is 0.676. The summed E-state index contributed by atoms with van der Waals surface area (Å²) >= 11 is 0. The number of carbonyl (C=O) groups excluding carboxylic acids is 2. The van der Waals surface area contributed by atoms with Crippen LogP contribution in [0.5, 0.6) is 0 Å². The average Bonchev–Trinajstić information content (AvgIpc) is 3.14. The van der Waals surface area contributed by atoms with E-state index in [0.717, 1.165) is 41.8 Å². The van der Waals surface area contributed by atoms with E-state index in [-0.39, 0.29) is 24.2 Å². The summed E-state index contributed by atoms with van der Waals surface area (Å²) in [6, 6.07) is 14.4. The standard InChI is InChI=1S/C25H32N2O2/c1-4-7-9-18-12-14-22(15-13-18)27-17-21(16-23(27)28)25(29)26-24-19(5-2)10-8-11-20(24)6-3/h8,10-15,21H,4-7,9,16-17H2,1-3H3,(H,26,29)/t21-/m0/s1. The van der Waals surface area contributed by atoms with Crippen LogP contribution in [0, 0.1) is 5.92 Å². The lowest BCUT2D eigenvalue weighted by atomic mass is 10.0. The van der Waals surface area contributed by atoms with Crippen LogP contribution < -0.4 is 10.2 Å². The predicted octanol–water partition coefficient (Wildman–Crippen LogP) is 5.15. The van der Waals surface area contributed by atoms with Crippen molar-refractivity contribution in [2.24, 2.45) is 5.92 Å². The first-order valence-corrected chi connectivity index (χ1v) is 10.9. The maximum atomic E-state index is 13.0. The summed E-state index contributed by atoms with van der Waals surface area (Å²) in [7, 11) is 0. The molecule has 2 aromatic carbocycles. The number of hydrogen-bond donors (Lipinski definition) is 1. The van der Waals surface area contributed by atoms with Crippen molar-refractivity contribution in [3.63, 3.8) is 0 Å². The van der Waals surface area contributed by atoms with Gasteiger partial charge in [-0.1, -0.05) is 57.5 Å². The third-order valence-corrected chi connectivity index (χ3v) is 5.81. The number of carbonyl (C=O) groups is 2. The Hall–Kier alpha value is -2.62. The van der Waals surface area contributed by atoms with Crippen LogP contribution in [-0.4, -0.2) is 18.4 Å². The van der Waals surface area contributed by atoms with E-state index in [4.69, 9.17) is 0 Å². The molecule has 1 atom stereocenters. The molecule has 0 unspecified atom stereocenters. The summed E-state index contributed by atoms with van der Waals surface area (Å²) in [5.74, 6) is -0.362. The molecule has 2 amide bonds. The second kappa shape index (κ2) is 9.73. The molecule has 0 radical (unpaired) electrons. The largest absolute Gasteiger partial charge is 0.325 e. The van der Waals surface area contributed by atoms with Gasteiger partial charge in [0, 0.05) is 24.3 Å². The molecule has 1 heterocycles. The molecule has 154 valence electrons. The normalized spacial score (nSPS) is 16.3. The number of benzene rings is 2. The first-order valence-electron chi connectivity index (χ1n) is 10.9. The SMILES string of the molecule is CCCCc1ccc(N2C[C@@H](C(=O)Nc3c(CC)cccc3CC)CC2=O)cc1. The lowest BCUT2D eigenvalue weighted by molar-refractivity contribution is -0.122. The van der Waals surface area contributed by atoms with Gasteiger partial charge in [-0.2, -0.15) is 0 Å². The fourth-order valence-corrected chi connectivity index (χ4v) is 3.98. The van der Waals surface area contributed by atoms with E-state index >= 15 is 0 Å². The Morgan fingerprint density at radius 3 is 2.28 bits per heavy atom. The molecule has 29 heavy (non-hydrogen) atoms. The fourth-order valence-electron chi connectivity index (χ4n) is 3.98. The molecule has 1 N–H and O–H groups in total. The third kappa shape index (κ3) is 4.87. The zero-order valence-corrected chi connectivity index (χ0v) is 17.8. The van der Waals surface area contributed by atoms with Gasteiger partial charge in [-0.15, -0.1) is 0 Å². The number of nitrogens with one attached hydrogen (secondary N) is 1. The van der Waals surface area contributed by atoms with Gasteiger partial charge in [0.15, 0.2) is 0 Å². The van der Waals surface area contributed by atoms with E-state index in [1.54, 1.807) is 4.90 Å². The summed E-state index contributed by atoms with van der Waals surface area (Å²) in [5.41, 5.74) is 5.38. The first kappa shape index (κ1) is 21.1. The smallest absolute Gasteiger partial charge is 0.229 e. The van der Waals surface area contributed by atoms with Gasteiger partial charge in [-0.05, 0) is 54.5 Å². The first-order chi connectivity index (χ1) is 14.1. The molecule has 4 heteroatoms. The molecule has 4 nitrogen and oxygen atoms in total. The highest BCUT2D eigenvalue weighted by molar-refractivity contribution is 6.04. The Labute approximate surface area is 174 Å². The zero-order chi connectivity index (χ0) is 20.8. The molecule has 0 aliphatic carbocycles. The average molecular weight is 393 g/mol. The second-order valence-electron chi connectivity index (χ2n) is 7.82. The van der Waals surface area contributed by atoms with Gasteiger partial charge >= 0.3 is 0 Å². The van der Waals surface area contributed by atoms with E-state index in [0.29, 0.717) is 6.54 Å². The zero-order valence-electron chi connectivity index (χ0n) is 17.8. The maximum absolute atomic E-state index is 13.0. The van der Waals surface area contributed by atoms with Gasteiger partial charge in [0.05, 0.1) is 5.92 Å². The highest BCUT2D eigenvalue weighted by Gasteiger charge is 2.35. The fraction of sp³-hybridized carbons (Fsp3) is 0.440. The maximum Gasteiger partial charge on any atom is 0.229 e. The summed E-state index contributed by atoms with van der Waals surface area (Å²) in [6.07, 6.45) is 5.39. The number of nitrogens with zero attached hydrogens (tertiary/aromatic N) is 1. The molecule has 1 aliphatic rings. The number of amides is 2. The van der Waals surface area contributed by atoms with Crippen molar-refractivity contribution in [2.75, 3.05) is 16.8 Å². The van der Waals surface area contributed by atoms with Crippen molar-refractivity contribution in [3.8, 4) is 0 Å². The Bertz CT molecular complexity index is 835. The van der Waals surface area contributed by atoms with Crippen LogP contribution in [0.25, 0.3) is 0 Å². The summed E-state index contributed by atoms with van der Waals surface area (Å²) in [4.78, 5) is 27.3. The minimum atomic E-state index is -0.322. The lowest BCUT2D eigenvalue weighted by Gasteiger charge is -2.18. The molecule has 1 fully saturated rings. The minimum Gasteiger partial charge on any atom is -0.325 e. The Morgan fingerprint density at radius 2 is 1.69 bits per heavy atom. The lowest BCUT2D eigenvalue weighted by Crippen LogP contribution is -2.28. The van der Waals surface area contributed by atoms with Crippen LogP contribution in [-0.2, 0) is 28.9 Å². The number of anilines is 2. The highest BCUT2D eigenvalue weighted by atomic mass is 16.2. The van der Waals surface area contributed by atoms with Crippen molar-refractivity contribution in [3.05, 3.63) is 59.2 Å². The van der Waals surface area contributed by atoms with Crippen molar-refractivity contribution in [2.45, 2.75) is 59.3 Å². The van der Waals surface area contributed by atoms with Crippen LogP contribution in [0.4, 0.5) is 11.4 Å². The van der Waals surface area contributed by atoms with Gasteiger partial charge in [-0.3, -0.25) is 9.59 Å². The van der Waals surface area contributed by atoms with Gasteiger partial charge in [-0.25, -0.2) is 0 Å². The summed E-state index contributed by atoms with van der Waals surface area (Å²) in [6.45, 7) is 6.81. The van der Waals surface area contributed by atoms with E-state index in [1.165, 1.54) is 18.4 Å². The van der Waals surface area contributed by atoms with Gasteiger partial charge < -0.3 is 10.2 Å². The molecular formula is C25H32N2O2. The van der Waals surface area contributed by atoms with E-state index in [2.05, 4.69) is 50.4 Å². The highest BCUT2D eigenvalue weighted by Crippen LogP contribution is 2.28. The van der Waals surface area contributed by atoms with Gasteiger partial charge in [0.1, 0.15) is 0 Å². The number of unbranched alkanes of at least 4 members (excludes halogenated alkanes) is 1. The van der Waals surface area contributed by atoms with Crippen LogP contribution in [0.2, 0.25) is 0 Å². The predicted molar refractivity (Wildman–Crippen MR) is 119 cm³/mol. The van der Waals surface area contributed by atoms with Crippen molar-refractivity contribution >= 4 is 23.2 Å². The number of para-hydroxylation sites is 1. The number of aryl methyl sites for hydroxylation is 3. The molecule has 0 aromatic heterocycles. The Kier molecular flexibility index (Phi) is 7.08. The van der Waals surface area contributed by atoms with Crippen LogP contribution in [0.1, 0.15) is 56.7 Å². The van der Waals surface area contributed by atoms with Crippen molar-refractivity contribution < 1.29 is 9.59 Å². The molecule has 1 aliphatic heterocycles. The van der Waals surface area contributed by atoms with Crippen LogP contribution in [0.15, 0.2) is 42.5 Å². The van der Waals surface area contributed by atoms with Gasteiger partial charge in [0.2, 0.25) is 11.8 Å². The molecule has 2 aromatic rings. The Morgan fingerprint density at radius 1 is 1.03 bits per heavy atom. The number of hydrogen-bond acceptors (Lipinski definition) is 2. The molecule has 0 bridgehead atoms. The Balaban J connectivity index is 1.69.